The molecule has 0 radical (unpaired) electrons. The minimum Gasteiger partial charge on any atom is -0.314 e. The van der Waals surface area contributed by atoms with Crippen molar-refractivity contribution in [2.45, 2.75) is 38.3 Å². The largest absolute Gasteiger partial charge is 0.322 e. The van der Waals surface area contributed by atoms with Gasteiger partial charge in [0.1, 0.15) is 5.82 Å². The van der Waals surface area contributed by atoms with E-state index < -0.39 is 0 Å². The van der Waals surface area contributed by atoms with E-state index >= 15 is 0 Å². The van der Waals surface area contributed by atoms with Crippen molar-refractivity contribution in [2.24, 2.45) is 0 Å². The van der Waals surface area contributed by atoms with Gasteiger partial charge >= 0.3 is 6.03 Å². The number of aromatic nitrogens is 2. The minimum absolute atomic E-state index is 0.158. The Kier molecular flexibility index (Phi) is 4.87. The third-order valence-electron chi connectivity index (χ3n) is 5.03. The van der Waals surface area contributed by atoms with E-state index in [1.165, 1.54) is 0 Å². The summed E-state index contributed by atoms with van der Waals surface area (Å²) in [5, 5.41) is 3.52. The van der Waals surface area contributed by atoms with Crippen molar-refractivity contribution in [3.8, 4) is 0 Å². The second kappa shape index (κ2) is 7.61. The molecule has 0 spiro atoms. The van der Waals surface area contributed by atoms with E-state index in [2.05, 4.69) is 15.3 Å². The van der Waals surface area contributed by atoms with Gasteiger partial charge in [0, 0.05) is 11.7 Å². The Morgan fingerprint density at radius 1 is 1.07 bits per heavy atom. The molecular weight excluding hydrogens is 340 g/mol. The van der Waals surface area contributed by atoms with Crippen LogP contribution in [0.3, 0.4) is 0 Å². The molecule has 1 saturated carbocycles. The number of hydrogen-bond acceptors (Lipinski definition) is 3. The fourth-order valence-corrected chi connectivity index (χ4v) is 3.67. The number of carbonyl (C=O) groups excluding carboxylic acids is 1. The summed E-state index contributed by atoms with van der Waals surface area (Å²) < 4.78 is 0. The van der Waals surface area contributed by atoms with Crippen molar-refractivity contribution in [3.05, 3.63) is 70.8 Å². The number of H-pyrrole nitrogens is 1. The van der Waals surface area contributed by atoms with Crippen molar-refractivity contribution in [1.29, 1.82) is 0 Å². The van der Waals surface area contributed by atoms with Gasteiger partial charge in [0.2, 0.25) is 0 Å². The van der Waals surface area contributed by atoms with Gasteiger partial charge in [-0.1, -0.05) is 43.2 Å². The number of hydrogen-bond donors (Lipinski definition) is 2. The molecular formula is C21H22N4O2. The molecule has 1 heterocycles. The molecule has 0 aliphatic heterocycles. The Bertz CT molecular complexity index is 994. The number of carbonyl (C=O) groups is 1. The fourth-order valence-electron chi connectivity index (χ4n) is 3.67. The quantitative estimate of drug-likeness (QED) is 0.739. The van der Waals surface area contributed by atoms with Gasteiger partial charge in [0.25, 0.3) is 5.56 Å². The van der Waals surface area contributed by atoms with E-state index in [9.17, 15) is 9.59 Å². The van der Waals surface area contributed by atoms with Gasteiger partial charge in [-0.05, 0) is 37.1 Å². The summed E-state index contributed by atoms with van der Waals surface area (Å²) in [5.74, 6) is 0.508. The number of para-hydroxylation sites is 2. The number of anilines is 1. The van der Waals surface area contributed by atoms with Crippen LogP contribution in [0.1, 0.15) is 31.5 Å². The lowest BCUT2D eigenvalue weighted by Gasteiger charge is -2.28. The molecule has 0 atom stereocenters. The topological polar surface area (TPSA) is 78.1 Å². The van der Waals surface area contributed by atoms with E-state index in [0.717, 1.165) is 31.4 Å². The zero-order valence-corrected chi connectivity index (χ0v) is 15.0. The Hall–Kier alpha value is -3.15. The average molecular weight is 362 g/mol. The number of amides is 2. The maximum atomic E-state index is 12.9. The Balaban J connectivity index is 1.61. The van der Waals surface area contributed by atoms with Crippen LogP contribution >= 0.6 is 0 Å². The van der Waals surface area contributed by atoms with Crippen LogP contribution in [0.25, 0.3) is 10.9 Å². The predicted molar refractivity (Wildman–Crippen MR) is 106 cm³/mol. The van der Waals surface area contributed by atoms with E-state index in [4.69, 9.17) is 0 Å². The van der Waals surface area contributed by atoms with Gasteiger partial charge in [0.15, 0.2) is 0 Å². The van der Waals surface area contributed by atoms with Gasteiger partial charge in [-0.2, -0.15) is 0 Å². The molecule has 1 aromatic heterocycles. The summed E-state index contributed by atoms with van der Waals surface area (Å²) in [7, 11) is 0. The highest BCUT2D eigenvalue weighted by Crippen LogP contribution is 2.25. The molecule has 0 bridgehead atoms. The number of rotatable bonds is 4. The van der Waals surface area contributed by atoms with Crippen LogP contribution in [0.15, 0.2) is 59.4 Å². The van der Waals surface area contributed by atoms with E-state index in [1.54, 1.807) is 11.0 Å². The molecule has 2 N–H and O–H groups in total. The van der Waals surface area contributed by atoms with Crippen LogP contribution in [-0.4, -0.2) is 26.9 Å². The standard InChI is InChI=1S/C21H22N4O2/c26-20-17-12-6-7-13-18(17)23-19(24-20)14-25(16-10-4-5-11-16)21(27)22-15-8-2-1-3-9-15/h1-3,6-9,12-13,16H,4-5,10-11,14H2,(H,22,27)(H,23,24,26). The highest BCUT2D eigenvalue weighted by Gasteiger charge is 2.27. The molecule has 2 amide bonds. The van der Waals surface area contributed by atoms with Gasteiger partial charge in [0.05, 0.1) is 17.4 Å². The zero-order chi connectivity index (χ0) is 18.6. The summed E-state index contributed by atoms with van der Waals surface area (Å²) in [4.78, 5) is 34.5. The average Bonchev–Trinajstić information content (AvgIpc) is 3.21. The molecule has 1 aliphatic rings. The molecule has 0 saturated heterocycles. The van der Waals surface area contributed by atoms with Crippen molar-refractivity contribution in [3.63, 3.8) is 0 Å². The molecule has 6 heteroatoms. The first-order valence-electron chi connectivity index (χ1n) is 9.31. The van der Waals surface area contributed by atoms with Crippen molar-refractivity contribution in [2.75, 3.05) is 5.32 Å². The third-order valence-corrected chi connectivity index (χ3v) is 5.03. The van der Waals surface area contributed by atoms with Crippen molar-refractivity contribution in [1.82, 2.24) is 14.9 Å². The van der Waals surface area contributed by atoms with Gasteiger partial charge in [-0.15, -0.1) is 0 Å². The van der Waals surface area contributed by atoms with Gasteiger partial charge in [-0.3, -0.25) is 4.79 Å². The summed E-state index contributed by atoms with van der Waals surface area (Å²) in [6.07, 6.45) is 4.17. The van der Waals surface area contributed by atoms with Crippen LogP contribution in [0, 0.1) is 0 Å². The Labute approximate surface area is 157 Å². The SMILES string of the molecule is O=C(Nc1ccccc1)N(Cc1nc2ccccc2c(=O)[nH]1)C1CCCC1. The lowest BCUT2D eigenvalue weighted by atomic mass is 10.2. The van der Waals surface area contributed by atoms with E-state index in [0.29, 0.717) is 16.7 Å². The summed E-state index contributed by atoms with van der Waals surface area (Å²) in [6.45, 7) is 0.281. The van der Waals surface area contributed by atoms with Crippen molar-refractivity contribution < 1.29 is 4.79 Å². The van der Waals surface area contributed by atoms with Gasteiger partial charge < -0.3 is 15.2 Å². The summed E-state index contributed by atoms with van der Waals surface area (Å²) >= 11 is 0. The van der Waals surface area contributed by atoms with Crippen LogP contribution in [-0.2, 0) is 6.54 Å². The zero-order valence-electron chi connectivity index (χ0n) is 15.0. The van der Waals surface area contributed by atoms with Crippen LogP contribution in [0.5, 0.6) is 0 Å². The van der Waals surface area contributed by atoms with Crippen LogP contribution in [0.4, 0.5) is 10.5 Å². The molecule has 3 aromatic rings. The number of fused-ring (bicyclic) bond motifs is 1. The first-order chi connectivity index (χ1) is 13.2. The normalized spacial score (nSPS) is 14.4. The second-order valence-corrected chi connectivity index (χ2v) is 6.89. The molecule has 1 fully saturated rings. The molecule has 4 rings (SSSR count). The lowest BCUT2D eigenvalue weighted by Crippen LogP contribution is -2.41. The number of benzene rings is 2. The predicted octanol–water partition coefficient (Wildman–Crippen LogP) is 3.90. The molecule has 1 aliphatic carbocycles. The first-order valence-corrected chi connectivity index (χ1v) is 9.31. The van der Waals surface area contributed by atoms with E-state index in [1.807, 2.05) is 48.5 Å². The number of nitrogens with one attached hydrogen (secondary N) is 2. The summed E-state index contributed by atoms with van der Waals surface area (Å²) in [6, 6.07) is 16.6. The second-order valence-electron chi connectivity index (χ2n) is 6.89. The Morgan fingerprint density at radius 2 is 1.78 bits per heavy atom. The molecule has 138 valence electrons. The maximum Gasteiger partial charge on any atom is 0.322 e. The highest BCUT2D eigenvalue weighted by atomic mass is 16.2. The van der Waals surface area contributed by atoms with Gasteiger partial charge in [-0.25, -0.2) is 9.78 Å². The molecule has 6 nitrogen and oxygen atoms in total. The van der Waals surface area contributed by atoms with Crippen LogP contribution < -0.4 is 10.9 Å². The first kappa shape index (κ1) is 17.3. The Morgan fingerprint density at radius 3 is 2.56 bits per heavy atom. The lowest BCUT2D eigenvalue weighted by molar-refractivity contribution is 0.182. The minimum atomic E-state index is -0.176. The molecule has 27 heavy (non-hydrogen) atoms. The highest BCUT2D eigenvalue weighted by molar-refractivity contribution is 5.89. The smallest absolute Gasteiger partial charge is 0.314 e. The number of nitrogens with zero attached hydrogens (tertiary/aromatic N) is 2. The monoisotopic (exact) mass is 362 g/mol. The van der Waals surface area contributed by atoms with E-state index in [-0.39, 0.29) is 24.2 Å². The van der Waals surface area contributed by atoms with Crippen molar-refractivity contribution >= 4 is 22.6 Å². The fraction of sp³-hybridized carbons (Fsp3) is 0.286. The third kappa shape index (κ3) is 3.84. The molecule has 2 aromatic carbocycles. The number of aromatic amines is 1. The van der Waals surface area contributed by atoms with Crippen LogP contribution in [0.2, 0.25) is 0 Å². The maximum absolute atomic E-state index is 12.9. The number of urea groups is 1. The molecule has 0 unspecified atom stereocenters. The summed E-state index contributed by atoms with van der Waals surface area (Å²) in [5.41, 5.74) is 1.22.